The molecule has 2 N–H and O–H groups in total. The Balaban J connectivity index is 2.68. The van der Waals surface area contributed by atoms with Crippen molar-refractivity contribution in [2.75, 3.05) is 14.2 Å². The highest BCUT2D eigenvalue weighted by Crippen LogP contribution is 2.22. The molecule has 0 saturated carbocycles. The number of hydrogen-bond donors (Lipinski definition) is 2. The molecular formula is C13H19N3O2S. The highest BCUT2D eigenvalue weighted by atomic mass is 32.1. The molecule has 0 unspecified atom stereocenters. The minimum Gasteiger partial charge on any atom is -0.497 e. The first kappa shape index (κ1) is 15.2. The van der Waals surface area contributed by atoms with Gasteiger partial charge in [0.25, 0.3) is 0 Å². The quantitative estimate of drug-likeness (QED) is 0.490. The molecule has 0 amide bonds. The van der Waals surface area contributed by atoms with Gasteiger partial charge in [-0.1, -0.05) is 0 Å². The highest BCUT2D eigenvalue weighted by molar-refractivity contribution is 7.80. The maximum absolute atomic E-state index is 5.26. The van der Waals surface area contributed by atoms with Crippen molar-refractivity contribution >= 4 is 23.5 Å². The number of rotatable bonds is 5. The number of nitrogens with zero attached hydrogens (tertiary/aromatic N) is 1. The molecule has 0 aliphatic heterocycles. The van der Waals surface area contributed by atoms with Crippen LogP contribution in [0, 0.1) is 0 Å². The number of nitrogens with one attached hydrogen (secondary N) is 2. The van der Waals surface area contributed by atoms with Gasteiger partial charge in [0.15, 0.2) is 5.11 Å². The van der Waals surface area contributed by atoms with Crippen LogP contribution in [-0.4, -0.2) is 31.6 Å². The Morgan fingerprint density at radius 2 is 2.05 bits per heavy atom. The molecule has 1 aromatic carbocycles. The minimum atomic E-state index is 0.269. The van der Waals surface area contributed by atoms with E-state index < -0.39 is 0 Å². The van der Waals surface area contributed by atoms with Crippen molar-refractivity contribution in [3.8, 4) is 11.5 Å². The second-order valence-electron chi connectivity index (χ2n) is 4.11. The summed E-state index contributed by atoms with van der Waals surface area (Å²) in [6, 6.07) is 5.77. The zero-order valence-corrected chi connectivity index (χ0v) is 12.4. The molecule has 0 radical (unpaired) electrons. The van der Waals surface area contributed by atoms with Crippen molar-refractivity contribution in [3.05, 3.63) is 23.8 Å². The maximum atomic E-state index is 5.26. The fraction of sp³-hybridized carbons (Fsp3) is 0.385. The molecule has 0 aliphatic rings. The Kier molecular flexibility index (Phi) is 6.08. The molecule has 5 nitrogen and oxygen atoms in total. The molecule has 6 heteroatoms. The van der Waals surface area contributed by atoms with Crippen LogP contribution in [0.3, 0.4) is 0 Å². The number of hydrogen-bond acceptors (Lipinski definition) is 4. The van der Waals surface area contributed by atoms with Crippen LogP contribution in [0.25, 0.3) is 0 Å². The third kappa shape index (κ3) is 5.13. The van der Waals surface area contributed by atoms with Crippen LogP contribution in [0.4, 0.5) is 0 Å². The van der Waals surface area contributed by atoms with Crippen molar-refractivity contribution in [1.82, 2.24) is 10.7 Å². The average molecular weight is 281 g/mol. The first-order valence-electron chi connectivity index (χ1n) is 5.88. The Morgan fingerprint density at radius 1 is 1.32 bits per heavy atom. The third-order valence-corrected chi connectivity index (χ3v) is 2.44. The van der Waals surface area contributed by atoms with E-state index in [0.29, 0.717) is 10.9 Å². The van der Waals surface area contributed by atoms with Crippen molar-refractivity contribution < 1.29 is 9.47 Å². The summed E-state index contributed by atoms with van der Waals surface area (Å²) >= 11 is 5.06. The van der Waals surface area contributed by atoms with Crippen LogP contribution in [0.5, 0.6) is 11.5 Å². The summed E-state index contributed by atoms with van der Waals surface area (Å²) in [6.45, 7) is 4.01. The van der Waals surface area contributed by atoms with E-state index in [9.17, 15) is 0 Å². The van der Waals surface area contributed by atoms with Gasteiger partial charge in [0, 0.05) is 17.7 Å². The summed E-state index contributed by atoms with van der Waals surface area (Å²) in [6.07, 6.45) is 1.65. The lowest BCUT2D eigenvalue weighted by Gasteiger charge is -2.10. The Labute approximate surface area is 119 Å². The molecule has 0 atom stereocenters. The number of ether oxygens (including phenoxy) is 2. The standard InChI is InChI=1S/C13H19N3O2S/c1-9(2)15-13(19)16-14-8-10-5-6-11(17-3)7-12(10)18-4/h5-9H,1-4H3,(H2,15,16,19)/b14-8-. The predicted molar refractivity (Wildman–Crippen MR) is 81.1 cm³/mol. The van der Waals surface area contributed by atoms with Gasteiger partial charge < -0.3 is 14.8 Å². The fourth-order valence-electron chi connectivity index (χ4n) is 1.38. The highest BCUT2D eigenvalue weighted by Gasteiger charge is 2.02. The van der Waals surface area contributed by atoms with Crippen LogP contribution < -0.4 is 20.2 Å². The summed E-state index contributed by atoms with van der Waals surface area (Å²) in [5, 5.41) is 7.58. The molecule has 1 rings (SSSR count). The van der Waals surface area contributed by atoms with E-state index in [-0.39, 0.29) is 6.04 Å². The lowest BCUT2D eigenvalue weighted by molar-refractivity contribution is 0.394. The summed E-state index contributed by atoms with van der Waals surface area (Å²) in [4.78, 5) is 0. The second kappa shape index (κ2) is 7.58. The molecule has 19 heavy (non-hydrogen) atoms. The van der Waals surface area contributed by atoms with E-state index in [1.165, 1.54) is 0 Å². The van der Waals surface area contributed by atoms with Crippen molar-refractivity contribution in [2.24, 2.45) is 5.10 Å². The van der Waals surface area contributed by atoms with Gasteiger partial charge in [-0.25, -0.2) is 0 Å². The Hall–Kier alpha value is -1.82. The third-order valence-electron chi connectivity index (χ3n) is 2.23. The number of methoxy groups -OCH3 is 2. The first-order valence-corrected chi connectivity index (χ1v) is 6.29. The number of hydrazone groups is 1. The SMILES string of the molecule is COc1ccc(/C=N\NC(=S)NC(C)C)c(OC)c1. The molecule has 104 valence electrons. The van der Waals surface area contributed by atoms with Gasteiger partial charge in [0.1, 0.15) is 11.5 Å². The van der Waals surface area contributed by atoms with E-state index in [1.807, 2.05) is 26.0 Å². The van der Waals surface area contributed by atoms with Crippen molar-refractivity contribution in [1.29, 1.82) is 0 Å². The molecule has 0 aliphatic carbocycles. The van der Waals surface area contributed by atoms with Crippen LogP contribution >= 0.6 is 12.2 Å². The largest absolute Gasteiger partial charge is 0.497 e. The lowest BCUT2D eigenvalue weighted by atomic mass is 10.2. The summed E-state index contributed by atoms with van der Waals surface area (Å²) in [5.41, 5.74) is 3.58. The Morgan fingerprint density at radius 3 is 2.63 bits per heavy atom. The summed E-state index contributed by atoms with van der Waals surface area (Å²) < 4.78 is 10.4. The molecule has 0 spiro atoms. The first-order chi connectivity index (χ1) is 9.06. The molecule has 0 heterocycles. The molecule has 0 fully saturated rings. The van der Waals surface area contributed by atoms with Gasteiger partial charge in [0.05, 0.1) is 20.4 Å². The van der Waals surface area contributed by atoms with E-state index in [4.69, 9.17) is 21.7 Å². The lowest BCUT2D eigenvalue weighted by Crippen LogP contribution is -2.36. The van der Waals surface area contributed by atoms with E-state index in [1.54, 1.807) is 26.5 Å². The van der Waals surface area contributed by atoms with E-state index in [2.05, 4.69) is 15.8 Å². The molecule has 0 aromatic heterocycles. The van der Waals surface area contributed by atoms with Crippen LogP contribution in [0.15, 0.2) is 23.3 Å². The van der Waals surface area contributed by atoms with Crippen molar-refractivity contribution in [2.45, 2.75) is 19.9 Å². The zero-order chi connectivity index (χ0) is 14.3. The molecule has 0 bridgehead atoms. The molecule has 0 saturated heterocycles. The van der Waals surface area contributed by atoms with Gasteiger partial charge in [-0.15, -0.1) is 0 Å². The van der Waals surface area contributed by atoms with Crippen LogP contribution in [0.2, 0.25) is 0 Å². The summed E-state index contributed by atoms with van der Waals surface area (Å²) in [7, 11) is 3.21. The van der Waals surface area contributed by atoms with Crippen molar-refractivity contribution in [3.63, 3.8) is 0 Å². The maximum Gasteiger partial charge on any atom is 0.187 e. The van der Waals surface area contributed by atoms with Crippen LogP contribution in [0.1, 0.15) is 19.4 Å². The molecular weight excluding hydrogens is 262 g/mol. The number of benzene rings is 1. The predicted octanol–water partition coefficient (Wildman–Crippen LogP) is 1.91. The Bertz CT molecular complexity index is 461. The van der Waals surface area contributed by atoms with Gasteiger partial charge in [-0.2, -0.15) is 5.10 Å². The fourth-order valence-corrected chi connectivity index (χ4v) is 1.67. The smallest absolute Gasteiger partial charge is 0.187 e. The van der Waals surface area contributed by atoms with Gasteiger partial charge in [0.2, 0.25) is 0 Å². The van der Waals surface area contributed by atoms with Crippen LogP contribution in [-0.2, 0) is 0 Å². The van der Waals surface area contributed by atoms with E-state index >= 15 is 0 Å². The number of thiocarbonyl (C=S) groups is 1. The molecule has 1 aromatic rings. The summed E-state index contributed by atoms with van der Waals surface area (Å²) in [5.74, 6) is 1.42. The van der Waals surface area contributed by atoms with Gasteiger partial charge in [-0.05, 0) is 38.2 Å². The average Bonchev–Trinajstić information content (AvgIpc) is 2.38. The topological polar surface area (TPSA) is 54.9 Å². The monoisotopic (exact) mass is 281 g/mol. The normalized spacial score (nSPS) is 10.6. The van der Waals surface area contributed by atoms with Gasteiger partial charge in [-0.3, -0.25) is 5.43 Å². The van der Waals surface area contributed by atoms with Gasteiger partial charge >= 0.3 is 0 Å². The second-order valence-corrected chi connectivity index (χ2v) is 4.51. The minimum absolute atomic E-state index is 0.269. The van der Waals surface area contributed by atoms with E-state index in [0.717, 1.165) is 11.3 Å². The zero-order valence-electron chi connectivity index (χ0n) is 11.6.